The van der Waals surface area contributed by atoms with Gasteiger partial charge < -0.3 is 10.1 Å². The molecule has 1 aromatic carbocycles. The molecule has 0 radical (unpaired) electrons. The Morgan fingerprint density at radius 3 is 2.94 bits per heavy atom. The Balaban J connectivity index is 1.95. The molecule has 1 heterocycles. The maximum absolute atomic E-state index is 5.43. The van der Waals surface area contributed by atoms with E-state index >= 15 is 0 Å². The molecule has 0 bridgehead atoms. The number of rotatable bonds is 5. The van der Waals surface area contributed by atoms with Gasteiger partial charge in [-0.05, 0) is 19.9 Å². The highest BCUT2D eigenvalue weighted by Crippen LogP contribution is 2.11. The van der Waals surface area contributed by atoms with Gasteiger partial charge in [0.2, 0.25) is 5.95 Å². The lowest BCUT2D eigenvalue weighted by Crippen LogP contribution is -2.14. The first kappa shape index (κ1) is 11.8. The number of fused-ring (bicyclic) bond motifs is 1. The predicted octanol–water partition coefficient (Wildman–Crippen LogP) is 2.47. The first-order valence-electron chi connectivity index (χ1n) is 5.83. The van der Waals surface area contributed by atoms with Gasteiger partial charge in [-0.2, -0.15) is 0 Å². The van der Waals surface area contributed by atoms with E-state index in [0.717, 1.165) is 17.4 Å². The molecule has 0 aliphatic rings. The first-order chi connectivity index (χ1) is 8.25. The van der Waals surface area contributed by atoms with Crippen molar-refractivity contribution >= 4 is 16.9 Å². The average Bonchev–Trinajstić information content (AvgIpc) is 2.34. The van der Waals surface area contributed by atoms with E-state index in [-0.39, 0.29) is 6.10 Å². The number of para-hydroxylation sites is 1. The van der Waals surface area contributed by atoms with E-state index in [1.165, 1.54) is 0 Å². The van der Waals surface area contributed by atoms with E-state index < -0.39 is 0 Å². The molecule has 17 heavy (non-hydrogen) atoms. The normalized spacial score (nSPS) is 11.0. The van der Waals surface area contributed by atoms with Gasteiger partial charge in [0, 0.05) is 18.1 Å². The highest BCUT2D eigenvalue weighted by Gasteiger charge is 1.99. The number of benzene rings is 1. The quantitative estimate of drug-likeness (QED) is 0.803. The molecule has 1 N–H and O–H groups in total. The van der Waals surface area contributed by atoms with Gasteiger partial charge in [-0.3, -0.25) is 0 Å². The van der Waals surface area contributed by atoms with Gasteiger partial charge in [0.25, 0.3) is 0 Å². The molecule has 0 spiro atoms. The van der Waals surface area contributed by atoms with Crippen LogP contribution in [-0.2, 0) is 4.74 Å². The number of anilines is 1. The van der Waals surface area contributed by atoms with Crippen LogP contribution in [0.1, 0.15) is 13.8 Å². The van der Waals surface area contributed by atoms with Crippen LogP contribution in [0, 0.1) is 0 Å². The molecular formula is C13H17N3O. The lowest BCUT2D eigenvalue weighted by atomic mass is 10.2. The topological polar surface area (TPSA) is 47.0 Å². The van der Waals surface area contributed by atoms with Crippen LogP contribution in [0.2, 0.25) is 0 Å². The summed E-state index contributed by atoms with van der Waals surface area (Å²) in [5.41, 5.74) is 0.953. The van der Waals surface area contributed by atoms with Crippen LogP contribution in [-0.4, -0.2) is 29.2 Å². The van der Waals surface area contributed by atoms with Crippen molar-refractivity contribution in [2.24, 2.45) is 0 Å². The molecule has 2 aromatic rings. The highest BCUT2D eigenvalue weighted by atomic mass is 16.5. The summed E-state index contributed by atoms with van der Waals surface area (Å²) in [5, 5.41) is 4.20. The fraction of sp³-hybridized carbons (Fsp3) is 0.385. The molecule has 0 amide bonds. The molecule has 0 aliphatic heterocycles. The van der Waals surface area contributed by atoms with E-state index in [9.17, 15) is 0 Å². The second-order valence-electron chi connectivity index (χ2n) is 4.10. The Labute approximate surface area is 101 Å². The third kappa shape index (κ3) is 3.39. The molecule has 0 atom stereocenters. The lowest BCUT2D eigenvalue weighted by Gasteiger charge is -2.08. The molecule has 0 saturated carbocycles. The van der Waals surface area contributed by atoms with Crippen LogP contribution < -0.4 is 5.32 Å². The second-order valence-corrected chi connectivity index (χ2v) is 4.10. The summed E-state index contributed by atoms with van der Waals surface area (Å²) >= 11 is 0. The molecule has 90 valence electrons. The van der Waals surface area contributed by atoms with E-state index in [4.69, 9.17) is 4.74 Å². The summed E-state index contributed by atoms with van der Waals surface area (Å²) in [6.45, 7) is 5.42. The first-order valence-corrected chi connectivity index (χ1v) is 5.83. The van der Waals surface area contributed by atoms with Gasteiger partial charge in [0.15, 0.2) is 0 Å². The zero-order valence-electron chi connectivity index (χ0n) is 10.2. The fourth-order valence-electron chi connectivity index (χ4n) is 1.51. The Morgan fingerprint density at radius 1 is 1.29 bits per heavy atom. The van der Waals surface area contributed by atoms with Gasteiger partial charge in [0.1, 0.15) is 0 Å². The Hall–Kier alpha value is -1.68. The average molecular weight is 231 g/mol. The van der Waals surface area contributed by atoms with Crippen molar-refractivity contribution in [3.63, 3.8) is 0 Å². The molecule has 0 fully saturated rings. The molecule has 0 unspecified atom stereocenters. The van der Waals surface area contributed by atoms with Gasteiger partial charge in [-0.25, -0.2) is 9.97 Å². The van der Waals surface area contributed by atoms with Crippen molar-refractivity contribution in [2.45, 2.75) is 20.0 Å². The van der Waals surface area contributed by atoms with Crippen LogP contribution in [0.25, 0.3) is 10.9 Å². The SMILES string of the molecule is CC(C)OCCNc1ncc2ccccc2n1. The zero-order chi connectivity index (χ0) is 12.1. The summed E-state index contributed by atoms with van der Waals surface area (Å²) in [4.78, 5) is 8.66. The Bertz CT molecular complexity index is 485. The lowest BCUT2D eigenvalue weighted by molar-refractivity contribution is 0.0870. The van der Waals surface area contributed by atoms with E-state index in [1.54, 1.807) is 0 Å². The fourth-order valence-corrected chi connectivity index (χ4v) is 1.51. The predicted molar refractivity (Wildman–Crippen MR) is 69.1 cm³/mol. The summed E-state index contributed by atoms with van der Waals surface area (Å²) < 4.78 is 5.43. The zero-order valence-corrected chi connectivity index (χ0v) is 10.2. The van der Waals surface area contributed by atoms with Crippen molar-refractivity contribution in [3.8, 4) is 0 Å². The number of nitrogens with zero attached hydrogens (tertiary/aromatic N) is 2. The molecule has 2 rings (SSSR count). The van der Waals surface area contributed by atoms with Crippen LogP contribution in [0.3, 0.4) is 0 Å². The van der Waals surface area contributed by atoms with Crippen LogP contribution in [0.15, 0.2) is 30.5 Å². The second kappa shape index (κ2) is 5.59. The number of nitrogens with one attached hydrogen (secondary N) is 1. The molecule has 4 heteroatoms. The van der Waals surface area contributed by atoms with Crippen LogP contribution >= 0.6 is 0 Å². The summed E-state index contributed by atoms with van der Waals surface area (Å²) in [5.74, 6) is 0.649. The van der Waals surface area contributed by atoms with Crippen molar-refractivity contribution in [2.75, 3.05) is 18.5 Å². The minimum Gasteiger partial charge on any atom is -0.377 e. The summed E-state index contributed by atoms with van der Waals surface area (Å²) in [6, 6.07) is 7.93. The third-order valence-electron chi connectivity index (χ3n) is 2.33. The van der Waals surface area contributed by atoms with E-state index in [1.807, 2.05) is 44.3 Å². The number of ether oxygens (including phenoxy) is 1. The minimum atomic E-state index is 0.259. The van der Waals surface area contributed by atoms with Gasteiger partial charge in [-0.15, -0.1) is 0 Å². The van der Waals surface area contributed by atoms with Crippen molar-refractivity contribution < 1.29 is 4.74 Å². The number of hydrogen-bond donors (Lipinski definition) is 1. The van der Waals surface area contributed by atoms with Gasteiger partial charge in [-0.1, -0.05) is 18.2 Å². The number of hydrogen-bond acceptors (Lipinski definition) is 4. The smallest absolute Gasteiger partial charge is 0.223 e. The molecule has 0 saturated heterocycles. The molecule has 1 aromatic heterocycles. The number of aromatic nitrogens is 2. The maximum Gasteiger partial charge on any atom is 0.223 e. The summed E-state index contributed by atoms with van der Waals surface area (Å²) in [6.07, 6.45) is 2.09. The minimum absolute atomic E-state index is 0.259. The van der Waals surface area contributed by atoms with Crippen molar-refractivity contribution in [1.82, 2.24) is 9.97 Å². The molecule has 4 nitrogen and oxygen atoms in total. The van der Waals surface area contributed by atoms with Crippen LogP contribution in [0.4, 0.5) is 5.95 Å². The van der Waals surface area contributed by atoms with Crippen molar-refractivity contribution in [3.05, 3.63) is 30.5 Å². The van der Waals surface area contributed by atoms with E-state index in [2.05, 4.69) is 15.3 Å². The third-order valence-corrected chi connectivity index (χ3v) is 2.33. The standard InChI is InChI=1S/C13H17N3O/c1-10(2)17-8-7-14-13-15-9-11-5-3-4-6-12(11)16-13/h3-6,9-10H,7-8H2,1-2H3,(H,14,15,16). The maximum atomic E-state index is 5.43. The summed E-state index contributed by atoms with van der Waals surface area (Å²) in [7, 11) is 0. The molecule has 0 aliphatic carbocycles. The Kier molecular flexibility index (Phi) is 3.88. The molecular weight excluding hydrogens is 214 g/mol. The van der Waals surface area contributed by atoms with Gasteiger partial charge in [0.05, 0.1) is 18.2 Å². The van der Waals surface area contributed by atoms with Crippen LogP contribution in [0.5, 0.6) is 0 Å². The largest absolute Gasteiger partial charge is 0.377 e. The highest BCUT2D eigenvalue weighted by molar-refractivity contribution is 5.78. The van der Waals surface area contributed by atoms with Crippen molar-refractivity contribution in [1.29, 1.82) is 0 Å². The monoisotopic (exact) mass is 231 g/mol. The van der Waals surface area contributed by atoms with Gasteiger partial charge >= 0.3 is 0 Å². The van der Waals surface area contributed by atoms with E-state index in [0.29, 0.717) is 12.6 Å². The Morgan fingerprint density at radius 2 is 2.12 bits per heavy atom.